The molecular weight excluding hydrogens is 715 g/mol. The fourth-order valence-electron chi connectivity index (χ4n) is 5.87. The minimum Gasteiger partial charge on any atom is -0.386 e. The van der Waals surface area contributed by atoms with Crippen molar-refractivity contribution in [3.8, 4) is 5.69 Å². The summed E-state index contributed by atoms with van der Waals surface area (Å²) in [5.41, 5.74) is 5.51. The highest BCUT2D eigenvalue weighted by Crippen LogP contribution is 2.39. The van der Waals surface area contributed by atoms with E-state index in [1.165, 1.54) is 23.9 Å². The minimum atomic E-state index is -4.76. The third-order valence-electron chi connectivity index (χ3n) is 8.26. The monoisotopic (exact) mass is 744 g/mol. The number of amidine groups is 1. The molecule has 0 bridgehead atoms. The Labute approximate surface area is 297 Å². The van der Waals surface area contributed by atoms with Crippen LogP contribution in [0.15, 0.2) is 70.0 Å². The van der Waals surface area contributed by atoms with E-state index < -0.39 is 40.9 Å². The van der Waals surface area contributed by atoms with E-state index in [2.05, 4.69) is 25.1 Å². The molecule has 0 aliphatic heterocycles. The lowest BCUT2D eigenvalue weighted by atomic mass is 10.0. The first-order valence-corrected chi connectivity index (χ1v) is 17.1. The highest BCUT2D eigenvalue weighted by molar-refractivity contribution is 7.97. The largest absolute Gasteiger partial charge is 0.416 e. The van der Waals surface area contributed by atoms with Crippen molar-refractivity contribution in [1.29, 1.82) is 0 Å². The Bertz CT molecular complexity index is 2220. The summed E-state index contributed by atoms with van der Waals surface area (Å²) in [6.45, 7) is -0.273. The van der Waals surface area contributed by atoms with Crippen molar-refractivity contribution in [3.05, 3.63) is 116 Å². The third-order valence-corrected chi connectivity index (χ3v) is 8.96. The maximum Gasteiger partial charge on any atom is 0.416 e. The van der Waals surface area contributed by atoms with Crippen molar-refractivity contribution in [2.75, 3.05) is 18.6 Å². The Kier molecular flexibility index (Phi) is 10.1. The molecule has 1 fully saturated rings. The van der Waals surface area contributed by atoms with Gasteiger partial charge >= 0.3 is 6.18 Å². The zero-order valence-corrected chi connectivity index (χ0v) is 28.6. The molecule has 1 unspecified atom stereocenters. The van der Waals surface area contributed by atoms with Crippen molar-refractivity contribution < 1.29 is 26.7 Å². The van der Waals surface area contributed by atoms with Gasteiger partial charge in [-0.1, -0.05) is 11.6 Å². The first-order valence-electron chi connectivity index (χ1n) is 15.6. The lowest BCUT2D eigenvalue weighted by molar-refractivity contribution is -0.137. The average molecular weight is 745 g/mol. The molecule has 6 rings (SSSR count). The summed E-state index contributed by atoms with van der Waals surface area (Å²) in [5.74, 6) is -2.34. The number of amides is 1. The number of benzene rings is 3. The van der Waals surface area contributed by atoms with E-state index in [0.717, 1.165) is 65.4 Å². The Morgan fingerprint density at radius 1 is 1.12 bits per heavy atom. The number of nitrogens with two attached hydrogens (primary N) is 1. The number of carbonyl (C=O) groups excluding carboxylic acids is 1. The van der Waals surface area contributed by atoms with Crippen LogP contribution in [0.25, 0.3) is 16.6 Å². The van der Waals surface area contributed by atoms with Gasteiger partial charge in [0.15, 0.2) is 0 Å². The van der Waals surface area contributed by atoms with Gasteiger partial charge in [0.2, 0.25) is 5.91 Å². The molecule has 0 radical (unpaired) electrons. The molecule has 1 atom stereocenters. The van der Waals surface area contributed by atoms with Crippen LogP contribution in [0.1, 0.15) is 53.0 Å². The van der Waals surface area contributed by atoms with Crippen LogP contribution in [0.3, 0.4) is 0 Å². The van der Waals surface area contributed by atoms with Gasteiger partial charge in [-0.3, -0.25) is 18.8 Å². The first kappa shape index (κ1) is 35.9. The van der Waals surface area contributed by atoms with Gasteiger partial charge in [0.25, 0.3) is 5.56 Å². The van der Waals surface area contributed by atoms with Crippen molar-refractivity contribution in [3.63, 3.8) is 0 Å². The number of hydrogen-bond acceptors (Lipinski definition) is 7. The van der Waals surface area contributed by atoms with Crippen LogP contribution in [-0.2, 0) is 23.9 Å². The summed E-state index contributed by atoms with van der Waals surface area (Å²) < 4.78 is 77.1. The highest BCUT2D eigenvalue weighted by Gasteiger charge is 2.32. The molecule has 3 aromatic carbocycles. The zero-order chi connectivity index (χ0) is 36.6. The molecule has 2 heterocycles. The van der Waals surface area contributed by atoms with E-state index >= 15 is 0 Å². The zero-order valence-electron chi connectivity index (χ0n) is 27.1. The van der Waals surface area contributed by atoms with E-state index in [1.807, 2.05) is 6.07 Å². The number of rotatable bonds is 11. The Hall–Kier alpha value is -4.96. The van der Waals surface area contributed by atoms with Gasteiger partial charge in [0.1, 0.15) is 29.8 Å². The molecule has 4 N–H and O–H groups in total. The van der Waals surface area contributed by atoms with Gasteiger partial charge in [-0.15, -0.1) is 0 Å². The number of nitrogens with zero attached hydrogens (tertiary/aromatic N) is 5. The number of hydrogen-bond donors (Lipinski definition) is 3. The molecule has 0 saturated heterocycles. The third kappa shape index (κ3) is 7.71. The number of fused-ring (bicyclic) bond motifs is 1. The SMILES string of the molecule is CNc1c(-n2c(C(Cc3cc(F)cc(F)c3)NC(=O)Cn3ccc(C4CC4)n3)nc3cc(C(F)(F)F)ccc3c2=O)ccc(Cl)c1/C(N)=N/SC. The molecule has 1 aliphatic rings. The summed E-state index contributed by atoms with van der Waals surface area (Å²) >= 11 is 7.60. The molecule has 2 aromatic heterocycles. The molecular formula is C34H30ClF5N8O2S. The number of nitrogens with one attached hydrogen (secondary N) is 2. The normalized spacial score (nSPS) is 14.2. The lowest BCUT2D eigenvalue weighted by Gasteiger charge is -2.25. The fraction of sp³-hybridized carbons (Fsp3) is 0.265. The predicted molar refractivity (Wildman–Crippen MR) is 186 cm³/mol. The van der Waals surface area contributed by atoms with Crippen molar-refractivity contribution in [2.24, 2.45) is 10.1 Å². The van der Waals surface area contributed by atoms with Crippen LogP contribution in [0.4, 0.5) is 27.6 Å². The van der Waals surface area contributed by atoms with Gasteiger partial charge in [-0.25, -0.2) is 13.8 Å². The smallest absolute Gasteiger partial charge is 0.386 e. The fourth-order valence-corrected chi connectivity index (χ4v) is 6.41. The Morgan fingerprint density at radius 3 is 2.49 bits per heavy atom. The molecule has 10 nitrogen and oxygen atoms in total. The van der Waals surface area contributed by atoms with Crippen LogP contribution in [0, 0.1) is 11.6 Å². The first-order chi connectivity index (χ1) is 24.3. The lowest BCUT2D eigenvalue weighted by Crippen LogP contribution is -2.37. The van der Waals surface area contributed by atoms with Crippen LogP contribution in [-0.4, -0.2) is 44.4 Å². The average Bonchev–Trinajstić information content (AvgIpc) is 3.81. The van der Waals surface area contributed by atoms with Crippen molar-refractivity contribution in [2.45, 2.75) is 43.9 Å². The molecule has 17 heteroatoms. The van der Waals surface area contributed by atoms with Crippen LogP contribution in [0.2, 0.25) is 5.02 Å². The predicted octanol–water partition coefficient (Wildman–Crippen LogP) is 6.54. The van der Waals surface area contributed by atoms with Crippen molar-refractivity contribution in [1.82, 2.24) is 24.6 Å². The molecule has 0 spiro atoms. The second kappa shape index (κ2) is 14.3. The number of anilines is 1. The highest BCUT2D eigenvalue weighted by atomic mass is 35.5. The van der Waals surface area contributed by atoms with Gasteiger partial charge < -0.3 is 16.4 Å². The second-order valence-electron chi connectivity index (χ2n) is 11.9. The van der Waals surface area contributed by atoms with Gasteiger partial charge in [0.05, 0.1) is 50.2 Å². The van der Waals surface area contributed by atoms with Crippen LogP contribution < -0.4 is 21.9 Å². The molecule has 266 valence electrons. The Balaban J connectivity index is 1.59. The molecule has 1 aliphatic carbocycles. The van der Waals surface area contributed by atoms with E-state index in [9.17, 15) is 31.5 Å². The number of carbonyl (C=O) groups is 1. The van der Waals surface area contributed by atoms with E-state index in [-0.39, 0.29) is 63.1 Å². The summed E-state index contributed by atoms with van der Waals surface area (Å²) in [6.07, 6.45) is 0.211. The quantitative estimate of drug-likeness (QED) is 0.0606. The molecule has 1 saturated carbocycles. The molecule has 1 amide bonds. The molecule has 51 heavy (non-hydrogen) atoms. The summed E-state index contributed by atoms with van der Waals surface area (Å²) in [5, 5.41) is 10.2. The topological polar surface area (TPSA) is 132 Å². The van der Waals surface area contributed by atoms with Crippen LogP contribution in [0.5, 0.6) is 0 Å². The summed E-state index contributed by atoms with van der Waals surface area (Å²) in [6, 6.07) is 8.66. The van der Waals surface area contributed by atoms with Crippen LogP contribution >= 0.6 is 23.5 Å². The summed E-state index contributed by atoms with van der Waals surface area (Å²) in [7, 11) is 1.54. The maximum atomic E-state index is 14.5. The number of aromatic nitrogens is 4. The van der Waals surface area contributed by atoms with E-state index in [0.29, 0.717) is 12.0 Å². The Morgan fingerprint density at radius 2 is 1.84 bits per heavy atom. The minimum absolute atomic E-state index is 0.00162. The van der Waals surface area contributed by atoms with Crippen molar-refractivity contribution >= 4 is 51.9 Å². The van der Waals surface area contributed by atoms with E-state index in [4.69, 9.17) is 17.3 Å². The summed E-state index contributed by atoms with van der Waals surface area (Å²) in [4.78, 5) is 32.6. The number of halogens is 6. The van der Waals surface area contributed by atoms with Gasteiger partial charge in [0, 0.05) is 37.9 Å². The van der Waals surface area contributed by atoms with Gasteiger partial charge in [-0.2, -0.15) is 22.7 Å². The number of alkyl halides is 3. The van der Waals surface area contributed by atoms with Gasteiger partial charge in [-0.05, 0) is 78.9 Å². The molecule has 5 aromatic rings. The standard InChI is InChI=1S/C34H30ClF5N8O2S/c1-42-30-27(8-7-23(35)29(30)31(41)46-51-2)48-32(44-25-14-19(34(38,39)40)5-6-22(25)33(48)50)26(13-17-11-20(36)15-21(37)12-17)43-28(49)16-47-10-9-24(45-47)18-3-4-18/h5-12,14-15,18,26,42H,3-4,13,16H2,1-2H3,(H2,41,46)(H,43,49). The maximum absolute atomic E-state index is 14.5. The van der Waals surface area contributed by atoms with E-state index in [1.54, 1.807) is 12.5 Å². The second-order valence-corrected chi connectivity index (χ2v) is 12.8.